The molecule has 1 fully saturated rings. The molecule has 2 rings (SSSR count). The highest BCUT2D eigenvalue weighted by molar-refractivity contribution is 14.1. The van der Waals surface area contributed by atoms with Gasteiger partial charge in [0, 0.05) is 49.4 Å². The fraction of sp³-hybridized carbons (Fsp3) is 0.600. The lowest BCUT2D eigenvalue weighted by Crippen LogP contribution is -2.47. The molecular weight excluding hydrogens is 349 g/mol. The Kier molecular flexibility index (Phi) is 6.06. The Balaban J connectivity index is 1.72. The van der Waals surface area contributed by atoms with Gasteiger partial charge in [-0.2, -0.15) is 0 Å². The number of hydrogen-bond acceptors (Lipinski definition) is 3. The van der Waals surface area contributed by atoms with Gasteiger partial charge in [-0.1, -0.05) is 12.1 Å². The van der Waals surface area contributed by atoms with Gasteiger partial charge in [0.25, 0.3) is 0 Å². The maximum absolute atomic E-state index is 2.57. The van der Waals surface area contributed by atoms with Gasteiger partial charge in [-0.25, -0.2) is 0 Å². The molecule has 3 nitrogen and oxygen atoms in total. The summed E-state index contributed by atoms with van der Waals surface area (Å²) in [5.74, 6) is 0. The fourth-order valence-corrected chi connectivity index (χ4v) is 2.72. The summed E-state index contributed by atoms with van der Waals surface area (Å²) in [7, 11) is 4.29. The third-order valence-electron chi connectivity index (χ3n) is 3.65. The van der Waals surface area contributed by atoms with E-state index >= 15 is 0 Å². The van der Waals surface area contributed by atoms with Crippen LogP contribution in [0.4, 0.5) is 0 Å². The Morgan fingerprint density at radius 1 is 1.00 bits per heavy atom. The molecule has 1 aliphatic rings. The van der Waals surface area contributed by atoms with Crippen LogP contribution in [0.25, 0.3) is 0 Å². The molecular formula is C15H24IN3. The van der Waals surface area contributed by atoms with E-state index in [-0.39, 0.29) is 0 Å². The summed E-state index contributed by atoms with van der Waals surface area (Å²) >= 11 is 2.36. The largest absolute Gasteiger partial charge is 0.308 e. The first kappa shape index (κ1) is 15.2. The van der Waals surface area contributed by atoms with E-state index in [2.05, 4.69) is 75.7 Å². The van der Waals surface area contributed by atoms with Gasteiger partial charge >= 0.3 is 0 Å². The van der Waals surface area contributed by atoms with Crippen LogP contribution in [-0.4, -0.2) is 68.1 Å². The molecule has 1 aromatic carbocycles. The molecule has 0 atom stereocenters. The van der Waals surface area contributed by atoms with Gasteiger partial charge in [-0.15, -0.1) is 0 Å². The summed E-state index contributed by atoms with van der Waals surface area (Å²) < 4.78 is 1.31. The zero-order chi connectivity index (χ0) is 13.7. The first-order chi connectivity index (χ1) is 9.13. The Morgan fingerprint density at radius 3 is 2.16 bits per heavy atom. The van der Waals surface area contributed by atoms with Crippen molar-refractivity contribution in [3.63, 3.8) is 0 Å². The molecule has 0 aliphatic carbocycles. The number of rotatable bonds is 5. The fourth-order valence-electron chi connectivity index (χ4n) is 2.36. The number of piperazine rings is 1. The van der Waals surface area contributed by atoms with E-state index in [1.54, 1.807) is 0 Å². The van der Waals surface area contributed by atoms with E-state index in [9.17, 15) is 0 Å². The lowest BCUT2D eigenvalue weighted by atomic mass is 10.2. The summed E-state index contributed by atoms with van der Waals surface area (Å²) in [6.45, 7) is 8.26. The van der Waals surface area contributed by atoms with E-state index in [0.717, 1.165) is 13.1 Å². The molecule has 0 radical (unpaired) electrons. The van der Waals surface area contributed by atoms with Gasteiger partial charge in [-0.3, -0.25) is 9.80 Å². The van der Waals surface area contributed by atoms with Gasteiger partial charge in [0.15, 0.2) is 0 Å². The van der Waals surface area contributed by atoms with E-state index in [0.29, 0.717) is 0 Å². The number of likely N-dealkylation sites (N-methyl/N-ethyl adjacent to an activating group) is 1. The minimum atomic E-state index is 1.10. The molecule has 19 heavy (non-hydrogen) atoms. The van der Waals surface area contributed by atoms with Crippen molar-refractivity contribution >= 4 is 22.6 Å². The van der Waals surface area contributed by atoms with E-state index in [1.807, 2.05) is 0 Å². The van der Waals surface area contributed by atoms with Crippen LogP contribution in [0, 0.1) is 3.57 Å². The molecule has 4 heteroatoms. The lowest BCUT2D eigenvalue weighted by Gasteiger charge is -2.35. The van der Waals surface area contributed by atoms with Crippen molar-refractivity contribution in [1.82, 2.24) is 14.7 Å². The predicted octanol–water partition coefficient (Wildman–Crippen LogP) is 1.97. The second-order valence-electron chi connectivity index (χ2n) is 5.55. The zero-order valence-corrected chi connectivity index (χ0v) is 14.1. The number of hydrogen-bond donors (Lipinski definition) is 0. The molecule has 106 valence electrons. The van der Waals surface area contributed by atoms with E-state index in [1.165, 1.54) is 41.9 Å². The molecule has 1 aliphatic heterocycles. The molecule has 0 saturated carbocycles. The molecule has 0 unspecified atom stereocenters. The molecule has 0 bridgehead atoms. The van der Waals surface area contributed by atoms with Crippen LogP contribution >= 0.6 is 22.6 Å². The second-order valence-corrected chi connectivity index (χ2v) is 6.79. The minimum absolute atomic E-state index is 1.10. The van der Waals surface area contributed by atoms with Crippen LogP contribution in [0.15, 0.2) is 24.3 Å². The Bertz CT molecular complexity index is 369. The van der Waals surface area contributed by atoms with Crippen molar-refractivity contribution in [3.05, 3.63) is 33.4 Å². The van der Waals surface area contributed by atoms with Crippen LogP contribution in [0.5, 0.6) is 0 Å². The maximum atomic E-state index is 2.57. The zero-order valence-electron chi connectivity index (χ0n) is 12.0. The first-order valence-corrected chi connectivity index (χ1v) is 8.05. The Hall–Kier alpha value is -0.170. The van der Waals surface area contributed by atoms with E-state index < -0.39 is 0 Å². The summed E-state index contributed by atoms with van der Waals surface area (Å²) in [6.07, 6.45) is 0. The average Bonchev–Trinajstić information content (AvgIpc) is 2.40. The monoisotopic (exact) mass is 373 g/mol. The average molecular weight is 373 g/mol. The van der Waals surface area contributed by atoms with Crippen molar-refractivity contribution in [3.8, 4) is 0 Å². The minimum Gasteiger partial charge on any atom is -0.308 e. The molecule has 0 aromatic heterocycles. The third kappa shape index (κ3) is 5.38. The van der Waals surface area contributed by atoms with Gasteiger partial charge in [-0.05, 0) is 54.4 Å². The van der Waals surface area contributed by atoms with Gasteiger partial charge in [0.1, 0.15) is 0 Å². The number of benzene rings is 1. The van der Waals surface area contributed by atoms with Crippen molar-refractivity contribution in [2.24, 2.45) is 0 Å². The smallest absolute Gasteiger partial charge is 0.0234 e. The third-order valence-corrected chi connectivity index (χ3v) is 4.37. The maximum Gasteiger partial charge on any atom is 0.0234 e. The predicted molar refractivity (Wildman–Crippen MR) is 89.4 cm³/mol. The number of halogens is 1. The quantitative estimate of drug-likeness (QED) is 0.731. The summed E-state index contributed by atoms with van der Waals surface area (Å²) in [5, 5.41) is 0. The highest BCUT2D eigenvalue weighted by Crippen LogP contribution is 2.11. The Labute approximate surface area is 130 Å². The molecule has 1 heterocycles. The van der Waals surface area contributed by atoms with Gasteiger partial charge in [0.05, 0.1) is 0 Å². The van der Waals surface area contributed by atoms with Crippen LogP contribution in [0.3, 0.4) is 0 Å². The van der Waals surface area contributed by atoms with Gasteiger partial charge in [0.2, 0.25) is 0 Å². The summed E-state index contributed by atoms with van der Waals surface area (Å²) in [5.41, 5.74) is 1.43. The van der Waals surface area contributed by atoms with Crippen LogP contribution < -0.4 is 0 Å². The first-order valence-electron chi connectivity index (χ1n) is 6.97. The molecule has 0 spiro atoms. The highest BCUT2D eigenvalue weighted by atomic mass is 127. The van der Waals surface area contributed by atoms with Crippen molar-refractivity contribution in [2.45, 2.75) is 6.54 Å². The second kappa shape index (κ2) is 7.57. The highest BCUT2D eigenvalue weighted by Gasteiger charge is 2.16. The molecule has 0 N–H and O–H groups in total. The number of nitrogens with zero attached hydrogens (tertiary/aromatic N) is 3. The molecule has 0 amide bonds. The standard InChI is InChI=1S/C15H24IN3/c1-17(2)7-8-18-9-11-19(12-10-18)13-14-3-5-15(16)6-4-14/h3-6H,7-13H2,1-2H3. The molecule has 1 aromatic rings. The van der Waals surface area contributed by atoms with Crippen LogP contribution in [-0.2, 0) is 6.54 Å². The topological polar surface area (TPSA) is 9.72 Å². The van der Waals surface area contributed by atoms with Crippen molar-refractivity contribution < 1.29 is 0 Å². The van der Waals surface area contributed by atoms with Gasteiger partial charge < -0.3 is 4.90 Å². The summed E-state index contributed by atoms with van der Waals surface area (Å²) in [4.78, 5) is 7.40. The van der Waals surface area contributed by atoms with E-state index in [4.69, 9.17) is 0 Å². The molecule has 1 saturated heterocycles. The van der Waals surface area contributed by atoms with Crippen LogP contribution in [0.1, 0.15) is 5.56 Å². The van der Waals surface area contributed by atoms with Crippen molar-refractivity contribution in [1.29, 1.82) is 0 Å². The SMILES string of the molecule is CN(C)CCN1CCN(Cc2ccc(I)cc2)CC1. The lowest BCUT2D eigenvalue weighted by molar-refractivity contribution is 0.120. The Morgan fingerprint density at radius 2 is 1.58 bits per heavy atom. The van der Waals surface area contributed by atoms with Crippen LogP contribution in [0.2, 0.25) is 0 Å². The summed E-state index contributed by atoms with van der Waals surface area (Å²) in [6, 6.07) is 8.90. The normalized spacial score (nSPS) is 18.1. The van der Waals surface area contributed by atoms with Crippen molar-refractivity contribution in [2.75, 3.05) is 53.4 Å².